The third kappa shape index (κ3) is 2.22. The van der Waals surface area contributed by atoms with Crippen molar-refractivity contribution in [3.63, 3.8) is 0 Å². The normalized spacial score (nSPS) is 17.8. The molecule has 5 heteroatoms. The zero-order valence-electron chi connectivity index (χ0n) is 10.8. The third-order valence-electron chi connectivity index (χ3n) is 3.10. The summed E-state index contributed by atoms with van der Waals surface area (Å²) in [5.41, 5.74) is 0.887. The molecule has 18 heavy (non-hydrogen) atoms. The Morgan fingerprint density at radius 2 is 1.78 bits per heavy atom. The van der Waals surface area contributed by atoms with Crippen LogP contribution in [-0.4, -0.2) is 27.4 Å². The summed E-state index contributed by atoms with van der Waals surface area (Å²) in [4.78, 5) is 0. The molecule has 0 aromatic heterocycles. The minimum atomic E-state index is -0.708. The smallest absolute Gasteiger partial charge is 0.198 e. The highest BCUT2D eigenvalue weighted by atomic mass is 79.9. The largest absolute Gasteiger partial charge is 0.496 e. The average molecular weight is 317 g/mol. The van der Waals surface area contributed by atoms with Crippen molar-refractivity contribution >= 4 is 15.9 Å². The quantitative estimate of drug-likeness (QED) is 0.855. The van der Waals surface area contributed by atoms with Crippen molar-refractivity contribution in [3.05, 3.63) is 22.2 Å². The van der Waals surface area contributed by atoms with Gasteiger partial charge >= 0.3 is 0 Å². The van der Waals surface area contributed by atoms with Gasteiger partial charge < -0.3 is 18.9 Å². The van der Waals surface area contributed by atoms with Gasteiger partial charge in [-0.25, -0.2) is 0 Å². The van der Waals surface area contributed by atoms with Crippen LogP contribution in [-0.2, 0) is 15.3 Å². The first-order chi connectivity index (χ1) is 8.66. The lowest BCUT2D eigenvalue weighted by Crippen LogP contribution is -2.26. The number of methoxy groups -OCH3 is 2. The monoisotopic (exact) mass is 316 g/mol. The van der Waals surface area contributed by atoms with Crippen molar-refractivity contribution in [2.24, 2.45) is 0 Å². The number of hydrogen-bond acceptors (Lipinski definition) is 4. The molecule has 1 heterocycles. The molecule has 1 aromatic carbocycles. The van der Waals surface area contributed by atoms with Crippen LogP contribution in [0.1, 0.15) is 18.9 Å². The van der Waals surface area contributed by atoms with Crippen LogP contribution in [0, 0.1) is 0 Å². The Kier molecular flexibility index (Phi) is 4.14. The van der Waals surface area contributed by atoms with Crippen LogP contribution < -0.4 is 9.47 Å². The van der Waals surface area contributed by atoms with Crippen molar-refractivity contribution < 1.29 is 18.9 Å². The van der Waals surface area contributed by atoms with Crippen molar-refractivity contribution in [2.75, 3.05) is 27.4 Å². The molecule has 4 nitrogen and oxygen atoms in total. The zero-order chi connectivity index (χ0) is 13.2. The molecule has 100 valence electrons. The molecule has 0 aliphatic carbocycles. The van der Waals surface area contributed by atoms with E-state index in [-0.39, 0.29) is 0 Å². The Labute approximate surface area is 115 Å². The zero-order valence-corrected chi connectivity index (χ0v) is 12.4. The van der Waals surface area contributed by atoms with Gasteiger partial charge in [0.15, 0.2) is 5.79 Å². The highest BCUT2D eigenvalue weighted by Gasteiger charge is 2.39. The maximum Gasteiger partial charge on any atom is 0.198 e. The molecule has 0 N–H and O–H groups in total. The second-order valence-electron chi connectivity index (χ2n) is 3.99. The van der Waals surface area contributed by atoms with Gasteiger partial charge in [-0.05, 0) is 22.0 Å². The first-order valence-corrected chi connectivity index (χ1v) is 6.66. The molecule has 1 aliphatic rings. The Bertz CT molecular complexity index is 427. The molecule has 2 rings (SSSR count). The highest BCUT2D eigenvalue weighted by molar-refractivity contribution is 9.10. The molecule has 0 unspecified atom stereocenters. The van der Waals surface area contributed by atoms with Crippen LogP contribution in [0.5, 0.6) is 11.5 Å². The summed E-state index contributed by atoms with van der Waals surface area (Å²) >= 11 is 3.48. The van der Waals surface area contributed by atoms with E-state index in [1.165, 1.54) is 0 Å². The van der Waals surface area contributed by atoms with Gasteiger partial charge in [-0.3, -0.25) is 0 Å². The van der Waals surface area contributed by atoms with Crippen molar-refractivity contribution in [3.8, 4) is 11.5 Å². The molecule has 1 aliphatic heterocycles. The second-order valence-corrected chi connectivity index (χ2v) is 4.84. The molecular formula is C13H17BrO4. The molecular weight excluding hydrogens is 300 g/mol. The van der Waals surface area contributed by atoms with E-state index in [0.29, 0.717) is 19.0 Å². The van der Waals surface area contributed by atoms with Crippen LogP contribution in [0.15, 0.2) is 16.6 Å². The van der Waals surface area contributed by atoms with Crippen LogP contribution in [0.3, 0.4) is 0 Å². The average Bonchev–Trinajstić information content (AvgIpc) is 2.88. The standard InChI is InChI=1S/C13H17BrO4/c1-4-13(17-5-6-18-13)9-7-10(14)12(16-3)8-11(9)15-2/h7-8H,4-6H2,1-3H3. The number of ether oxygens (including phenoxy) is 4. The predicted molar refractivity (Wildman–Crippen MR) is 71.1 cm³/mol. The number of halogens is 1. The fourth-order valence-electron chi connectivity index (χ4n) is 2.16. The van der Waals surface area contributed by atoms with Gasteiger partial charge in [0.25, 0.3) is 0 Å². The van der Waals surface area contributed by atoms with Gasteiger partial charge in [0.2, 0.25) is 0 Å². The molecule has 0 radical (unpaired) electrons. The lowest BCUT2D eigenvalue weighted by atomic mass is 10.0. The summed E-state index contributed by atoms with van der Waals surface area (Å²) in [7, 11) is 3.25. The minimum absolute atomic E-state index is 0.598. The molecule has 0 amide bonds. The number of benzene rings is 1. The fourth-order valence-corrected chi connectivity index (χ4v) is 2.67. The van der Waals surface area contributed by atoms with Crippen molar-refractivity contribution in [2.45, 2.75) is 19.1 Å². The topological polar surface area (TPSA) is 36.9 Å². The maximum atomic E-state index is 5.78. The molecule has 0 saturated carbocycles. The fraction of sp³-hybridized carbons (Fsp3) is 0.538. The minimum Gasteiger partial charge on any atom is -0.496 e. The van der Waals surface area contributed by atoms with E-state index in [4.69, 9.17) is 18.9 Å². The molecule has 1 aromatic rings. The maximum absolute atomic E-state index is 5.78. The summed E-state index contributed by atoms with van der Waals surface area (Å²) in [6.45, 7) is 3.23. The summed E-state index contributed by atoms with van der Waals surface area (Å²) in [6.07, 6.45) is 0.724. The molecule has 1 fully saturated rings. The van der Waals surface area contributed by atoms with E-state index in [2.05, 4.69) is 15.9 Å². The molecule has 0 bridgehead atoms. The van der Waals surface area contributed by atoms with Crippen LogP contribution in [0.25, 0.3) is 0 Å². The number of hydrogen-bond donors (Lipinski definition) is 0. The summed E-state index contributed by atoms with van der Waals surface area (Å²) in [5, 5.41) is 0. The highest BCUT2D eigenvalue weighted by Crippen LogP contribution is 2.43. The van der Waals surface area contributed by atoms with Crippen LogP contribution in [0.2, 0.25) is 0 Å². The lowest BCUT2D eigenvalue weighted by molar-refractivity contribution is -0.168. The van der Waals surface area contributed by atoms with E-state index in [9.17, 15) is 0 Å². The third-order valence-corrected chi connectivity index (χ3v) is 3.72. The van der Waals surface area contributed by atoms with E-state index in [1.807, 2.05) is 19.1 Å². The van der Waals surface area contributed by atoms with E-state index < -0.39 is 5.79 Å². The van der Waals surface area contributed by atoms with E-state index >= 15 is 0 Å². The van der Waals surface area contributed by atoms with Gasteiger partial charge in [-0.15, -0.1) is 0 Å². The van der Waals surface area contributed by atoms with Gasteiger partial charge in [0.1, 0.15) is 11.5 Å². The second kappa shape index (κ2) is 5.47. The summed E-state index contributed by atoms with van der Waals surface area (Å²) < 4.78 is 23.1. The van der Waals surface area contributed by atoms with Crippen molar-refractivity contribution in [1.82, 2.24) is 0 Å². The molecule has 1 saturated heterocycles. The lowest BCUT2D eigenvalue weighted by Gasteiger charge is -2.28. The summed E-state index contributed by atoms with van der Waals surface area (Å²) in [6, 6.07) is 3.77. The first-order valence-electron chi connectivity index (χ1n) is 5.86. The Balaban J connectivity index is 2.52. The van der Waals surface area contributed by atoms with Crippen LogP contribution in [0.4, 0.5) is 0 Å². The Hall–Kier alpha value is -0.780. The van der Waals surface area contributed by atoms with Gasteiger partial charge in [-0.1, -0.05) is 6.92 Å². The molecule has 0 spiro atoms. The number of rotatable bonds is 4. The van der Waals surface area contributed by atoms with Gasteiger partial charge in [0, 0.05) is 12.5 Å². The first kappa shape index (κ1) is 13.6. The van der Waals surface area contributed by atoms with E-state index in [1.54, 1.807) is 14.2 Å². The van der Waals surface area contributed by atoms with E-state index in [0.717, 1.165) is 22.2 Å². The molecule has 0 atom stereocenters. The predicted octanol–water partition coefficient (Wildman–Crippen LogP) is 3.08. The van der Waals surface area contributed by atoms with Gasteiger partial charge in [0.05, 0.1) is 37.5 Å². The van der Waals surface area contributed by atoms with Crippen LogP contribution >= 0.6 is 15.9 Å². The summed E-state index contributed by atoms with van der Waals surface area (Å²) in [5.74, 6) is 0.721. The van der Waals surface area contributed by atoms with Crippen molar-refractivity contribution in [1.29, 1.82) is 0 Å². The SMILES string of the molecule is CCC1(c2cc(Br)c(OC)cc2OC)OCCO1. The Morgan fingerprint density at radius 3 is 2.28 bits per heavy atom. The van der Waals surface area contributed by atoms with Gasteiger partial charge in [-0.2, -0.15) is 0 Å². The Morgan fingerprint density at radius 1 is 1.17 bits per heavy atom.